The zero-order valence-corrected chi connectivity index (χ0v) is 8.67. The second-order valence-electron chi connectivity index (χ2n) is 3.00. The average Bonchev–Trinajstić information content (AvgIpc) is 2.17. The molecular formula is C11H10ClFO2. The Hall–Kier alpha value is -1.35. The third-order valence-electron chi connectivity index (χ3n) is 1.78. The fourth-order valence-corrected chi connectivity index (χ4v) is 1.24. The summed E-state index contributed by atoms with van der Waals surface area (Å²) in [6, 6.07) is 4.23. The van der Waals surface area contributed by atoms with E-state index in [1.807, 2.05) is 0 Å². The minimum Gasteiger partial charge on any atom is -0.481 e. The van der Waals surface area contributed by atoms with Crippen molar-refractivity contribution < 1.29 is 14.3 Å². The van der Waals surface area contributed by atoms with E-state index in [2.05, 4.69) is 0 Å². The summed E-state index contributed by atoms with van der Waals surface area (Å²) in [5.41, 5.74) is 0.368. The van der Waals surface area contributed by atoms with Crippen LogP contribution in [0, 0.1) is 5.82 Å². The number of benzene rings is 1. The molecule has 80 valence electrons. The van der Waals surface area contributed by atoms with Gasteiger partial charge in [0.2, 0.25) is 0 Å². The lowest BCUT2D eigenvalue weighted by Crippen LogP contribution is -1.91. The van der Waals surface area contributed by atoms with Crippen molar-refractivity contribution >= 4 is 23.6 Å². The van der Waals surface area contributed by atoms with E-state index in [1.54, 1.807) is 6.08 Å². The monoisotopic (exact) mass is 228 g/mol. The molecule has 0 aromatic heterocycles. The lowest BCUT2D eigenvalue weighted by Gasteiger charge is -1.97. The number of carbonyl (C=O) groups is 1. The van der Waals surface area contributed by atoms with Gasteiger partial charge in [0.1, 0.15) is 5.82 Å². The van der Waals surface area contributed by atoms with Gasteiger partial charge in [-0.2, -0.15) is 0 Å². The molecule has 1 rings (SSSR count). The minimum absolute atomic E-state index is 0.0404. The first-order valence-electron chi connectivity index (χ1n) is 4.43. The van der Waals surface area contributed by atoms with Crippen molar-refractivity contribution in [1.82, 2.24) is 0 Å². The molecule has 1 aromatic rings. The molecule has 4 heteroatoms. The van der Waals surface area contributed by atoms with Crippen LogP contribution in [0.1, 0.15) is 18.4 Å². The van der Waals surface area contributed by atoms with E-state index in [-0.39, 0.29) is 12.2 Å². The van der Waals surface area contributed by atoms with Gasteiger partial charge in [-0.15, -0.1) is 0 Å². The summed E-state index contributed by atoms with van der Waals surface area (Å²) in [4.78, 5) is 10.2. The second-order valence-corrected chi connectivity index (χ2v) is 3.44. The molecule has 0 saturated heterocycles. The van der Waals surface area contributed by atoms with Crippen molar-refractivity contribution in [3.8, 4) is 0 Å². The summed E-state index contributed by atoms with van der Waals surface area (Å²) >= 11 is 5.69. The Labute approximate surface area is 92.0 Å². The maximum absolute atomic E-state index is 13.1. The van der Waals surface area contributed by atoms with E-state index >= 15 is 0 Å². The van der Waals surface area contributed by atoms with Crippen LogP contribution in [0.25, 0.3) is 6.08 Å². The highest BCUT2D eigenvalue weighted by Gasteiger charge is 1.99. The van der Waals surface area contributed by atoms with Crippen LogP contribution in [0.4, 0.5) is 4.39 Å². The second kappa shape index (κ2) is 5.51. The number of hydrogen-bond donors (Lipinski definition) is 1. The van der Waals surface area contributed by atoms with Crippen molar-refractivity contribution in [2.45, 2.75) is 12.8 Å². The first-order valence-corrected chi connectivity index (χ1v) is 4.81. The molecule has 0 saturated carbocycles. The minimum atomic E-state index is -0.869. The van der Waals surface area contributed by atoms with Gasteiger partial charge in [0, 0.05) is 17.0 Å². The van der Waals surface area contributed by atoms with Gasteiger partial charge in [-0.25, -0.2) is 4.39 Å². The number of allylic oxidation sites excluding steroid dienone is 1. The normalized spacial score (nSPS) is 10.8. The first kappa shape index (κ1) is 11.7. The predicted octanol–water partition coefficient (Wildman–Crippen LogP) is 3.36. The highest BCUT2D eigenvalue weighted by atomic mass is 35.5. The molecule has 0 aliphatic rings. The Kier molecular flexibility index (Phi) is 4.31. The smallest absolute Gasteiger partial charge is 0.303 e. The molecule has 2 nitrogen and oxygen atoms in total. The molecule has 15 heavy (non-hydrogen) atoms. The summed E-state index contributed by atoms with van der Waals surface area (Å²) in [6.07, 6.45) is 3.56. The molecule has 0 amide bonds. The molecule has 0 unspecified atom stereocenters. The molecule has 0 radical (unpaired) electrons. The maximum atomic E-state index is 13.1. The van der Waals surface area contributed by atoms with Crippen LogP contribution in [0.15, 0.2) is 24.3 Å². The molecular weight excluding hydrogens is 219 g/mol. The van der Waals surface area contributed by atoms with E-state index in [0.717, 1.165) is 0 Å². The summed E-state index contributed by atoms with van der Waals surface area (Å²) in [6.45, 7) is 0. The highest BCUT2D eigenvalue weighted by Crippen LogP contribution is 2.16. The van der Waals surface area contributed by atoms with Gasteiger partial charge < -0.3 is 5.11 Å². The summed E-state index contributed by atoms with van der Waals surface area (Å²) in [7, 11) is 0. The molecule has 0 heterocycles. The number of carboxylic acid groups (broad SMARTS) is 1. The Balaban J connectivity index is 2.63. The molecule has 1 N–H and O–H groups in total. The van der Waals surface area contributed by atoms with E-state index in [9.17, 15) is 9.18 Å². The van der Waals surface area contributed by atoms with Crippen LogP contribution in [0.2, 0.25) is 5.02 Å². The van der Waals surface area contributed by atoms with Crippen LogP contribution in [0.5, 0.6) is 0 Å². The predicted molar refractivity (Wildman–Crippen MR) is 57.3 cm³/mol. The van der Waals surface area contributed by atoms with Crippen molar-refractivity contribution in [1.29, 1.82) is 0 Å². The summed E-state index contributed by atoms with van der Waals surface area (Å²) < 4.78 is 13.1. The zero-order valence-electron chi connectivity index (χ0n) is 7.91. The number of aliphatic carboxylic acids is 1. The molecule has 0 atom stereocenters. The summed E-state index contributed by atoms with van der Waals surface area (Å²) in [5.74, 6) is -1.24. The van der Waals surface area contributed by atoms with E-state index in [0.29, 0.717) is 17.0 Å². The molecule has 0 bridgehead atoms. The van der Waals surface area contributed by atoms with Gasteiger partial charge in [-0.3, -0.25) is 4.79 Å². The quantitative estimate of drug-likeness (QED) is 0.858. The van der Waals surface area contributed by atoms with Gasteiger partial charge in [0.05, 0.1) is 0 Å². The van der Waals surface area contributed by atoms with Gasteiger partial charge in [0.15, 0.2) is 0 Å². The van der Waals surface area contributed by atoms with Crippen LogP contribution in [-0.2, 0) is 4.79 Å². The fraction of sp³-hybridized carbons (Fsp3) is 0.182. The Morgan fingerprint density at radius 3 is 2.93 bits per heavy atom. The van der Waals surface area contributed by atoms with E-state index in [1.165, 1.54) is 24.3 Å². The first-order chi connectivity index (χ1) is 7.09. The van der Waals surface area contributed by atoms with Crippen LogP contribution in [-0.4, -0.2) is 11.1 Å². The van der Waals surface area contributed by atoms with Crippen molar-refractivity contribution in [3.63, 3.8) is 0 Å². The molecule has 0 aliphatic heterocycles. The van der Waals surface area contributed by atoms with Crippen molar-refractivity contribution in [2.75, 3.05) is 0 Å². The zero-order chi connectivity index (χ0) is 11.3. The van der Waals surface area contributed by atoms with Crippen LogP contribution in [0.3, 0.4) is 0 Å². The van der Waals surface area contributed by atoms with Gasteiger partial charge >= 0.3 is 5.97 Å². The highest BCUT2D eigenvalue weighted by molar-refractivity contribution is 6.30. The lowest BCUT2D eigenvalue weighted by atomic mass is 10.2. The van der Waals surface area contributed by atoms with Gasteiger partial charge in [-0.05, 0) is 24.6 Å². The Morgan fingerprint density at radius 2 is 2.27 bits per heavy atom. The van der Waals surface area contributed by atoms with Crippen molar-refractivity contribution in [2.24, 2.45) is 0 Å². The maximum Gasteiger partial charge on any atom is 0.303 e. The largest absolute Gasteiger partial charge is 0.481 e. The van der Waals surface area contributed by atoms with E-state index < -0.39 is 5.97 Å². The van der Waals surface area contributed by atoms with Gasteiger partial charge in [0.25, 0.3) is 0 Å². The molecule has 0 aliphatic carbocycles. The SMILES string of the molecule is O=C(O)CCC=Cc1cc(Cl)ccc1F. The molecule has 0 fully saturated rings. The Morgan fingerprint density at radius 1 is 1.53 bits per heavy atom. The number of carboxylic acids is 1. The third kappa shape index (κ3) is 4.13. The molecule has 1 aromatic carbocycles. The van der Waals surface area contributed by atoms with Crippen LogP contribution < -0.4 is 0 Å². The van der Waals surface area contributed by atoms with Crippen molar-refractivity contribution in [3.05, 3.63) is 40.7 Å². The molecule has 0 spiro atoms. The Bertz CT molecular complexity index is 388. The third-order valence-corrected chi connectivity index (χ3v) is 2.02. The van der Waals surface area contributed by atoms with Gasteiger partial charge in [-0.1, -0.05) is 23.8 Å². The number of halogens is 2. The topological polar surface area (TPSA) is 37.3 Å². The standard InChI is InChI=1S/C11H10ClFO2/c12-9-5-6-10(13)8(7-9)3-1-2-4-11(14)15/h1,3,5-7H,2,4H2,(H,14,15). The van der Waals surface area contributed by atoms with E-state index in [4.69, 9.17) is 16.7 Å². The summed E-state index contributed by atoms with van der Waals surface area (Å²) in [5, 5.41) is 8.83. The number of hydrogen-bond acceptors (Lipinski definition) is 1. The number of rotatable bonds is 4. The lowest BCUT2D eigenvalue weighted by molar-refractivity contribution is -0.136. The fourth-order valence-electron chi connectivity index (χ4n) is 1.06. The van der Waals surface area contributed by atoms with Crippen LogP contribution >= 0.6 is 11.6 Å². The average molecular weight is 229 g/mol.